The molecule has 1 aromatic heterocycles. The summed E-state index contributed by atoms with van der Waals surface area (Å²) in [6.45, 7) is 5.25. The fraction of sp³-hybridized carbons (Fsp3) is 0.310. The highest BCUT2D eigenvalue weighted by molar-refractivity contribution is 5.81. The van der Waals surface area contributed by atoms with E-state index in [0.717, 1.165) is 47.5 Å². The molecule has 1 saturated heterocycles. The average molecular weight is 523 g/mol. The predicted octanol–water partition coefficient (Wildman–Crippen LogP) is 5.74. The molecule has 1 aliphatic rings. The van der Waals surface area contributed by atoms with Crippen LogP contribution < -0.4 is 9.64 Å². The minimum atomic E-state index is -4.38. The molecule has 0 N–H and O–H groups in total. The summed E-state index contributed by atoms with van der Waals surface area (Å²) in [6, 6.07) is 20.7. The first kappa shape index (κ1) is 25.6. The Morgan fingerprint density at radius 2 is 1.66 bits per heavy atom. The number of benzene rings is 3. The molecular weight excluding hydrogens is 493 g/mol. The van der Waals surface area contributed by atoms with Crippen LogP contribution in [-0.2, 0) is 24.1 Å². The molecule has 0 aliphatic carbocycles. The standard InChI is InChI=1S/C29H29F3N4O2/c1-2-28(37)35-16-14-34(15-17-35)23-12-13-25-26(18-23)36(19-21-8-10-22(11-9-21)29(30,31)32)27(33-25)20-38-24-6-4-3-5-7-24/h3-13,18H,2,14-17,19-20H2,1H3. The third kappa shape index (κ3) is 5.61. The van der Waals surface area contributed by atoms with E-state index in [1.807, 2.05) is 58.9 Å². The van der Waals surface area contributed by atoms with Crippen molar-refractivity contribution < 1.29 is 22.7 Å². The number of fused-ring (bicyclic) bond motifs is 1. The predicted molar refractivity (Wildman–Crippen MR) is 140 cm³/mol. The van der Waals surface area contributed by atoms with Crippen molar-refractivity contribution in [2.75, 3.05) is 31.1 Å². The van der Waals surface area contributed by atoms with Gasteiger partial charge in [0.15, 0.2) is 0 Å². The molecule has 0 radical (unpaired) electrons. The SMILES string of the molecule is CCC(=O)N1CCN(c2ccc3nc(COc4ccccc4)n(Cc4ccc(C(F)(F)F)cc4)c3c2)CC1. The van der Waals surface area contributed by atoms with Crippen molar-refractivity contribution in [3.05, 3.63) is 89.7 Å². The van der Waals surface area contributed by atoms with Gasteiger partial charge in [-0.15, -0.1) is 0 Å². The van der Waals surface area contributed by atoms with E-state index in [4.69, 9.17) is 9.72 Å². The number of aromatic nitrogens is 2. The van der Waals surface area contributed by atoms with Gasteiger partial charge in [-0.3, -0.25) is 4.79 Å². The molecule has 0 atom stereocenters. The lowest BCUT2D eigenvalue weighted by molar-refractivity contribution is -0.137. The Labute approximate surface area is 219 Å². The van der Waals surface area contributed by atoms with Crippen molar-refractivity contribution in [3.63, 3.8) is 0 Å². The van der Waals surface area contributed by atoms with Crippen molar-refractivity contribution in [1.82, 2.24) is 14.5 Å². The normalized spacial score (nSPS) is 14.2. The first-order valence-corrected chi connectivity index (χ1v) is 12.7. The van der Waals surface area contributed by atoms with Crippen LogP contribution in [0.5, 0.6) is 5.75 Å². The van der Waals surface area contributed by atoms with Crippen molar-refractivity contribution in [2.45, 2.75) is 32.7 Å². The summed E-state index contributed by atoms with van der Waals surface area (Å²) in [7, 11) is 0. The van der Waals surface area contributed by atoms with Gasteiger partial charge in [0.1, 0.15) is 18.2 Å². The fourth-order valence-electron chi connectivity index (χ4n) is 4.73. The average Bonchev–Trinajstić information content (AvgIpc) is 3.28. The highest BCUT2D eigenvalue weighted by Crippen LogP contribution is 2.30. The molecule has 38 heavy (non-hydrogen) atoms. The Kier molecular flexibility index (Phi) is 7.26. The summed E-state index contributed by atoms with van der Waals surface area (Å²) >= 11 is 0. The summed E-state index contributed by atoms with van der Waals surface area (Å²) in [4.78, 5) is 21.0. The van der Waals surface area contributed by atoms with Gasteiger partial charge >= 0.3 is 6.18 Å². The molecule has 5 rings (SSSR count). The molecule has 6 nitrogen and oxygen atoms in total. The number of carbonyl (C=O) groups is 1. The van der Waals surface area contributed by atoms with E-state index in [9.17, 15) is 18.0 Å². The number of piperazine rings is 1. The summed E-state index contributed by atoms with van der Waals surface area (Å²) in [5.41, 5.74) is 2.74. The van der Waals surface area contributed by atoms with Crippen LogP contribution in [0, 0.1) is 0 Å². The van der Waals surface area contributed by atoms with E-state index in [0.29, 0.717) is 37.6 Å². The maximum Gasteiger partial charge on any atom is 0.416 e. The number of alkyl halides is 3. The van der Waals surface area contributed by atoms with E-state index in [1.54, 1.807) is 0 Å². The number of rotatable bonds is 7. The first-order chi connectivity index (χ1) is 18.3. The summed E-state index contributed by atoms with van der Waals surface area (Å²) in [6.07, 6.45) is -3.88. The molecule has 9 heteroatoms. The molecule has 2 heterocycles. The van der Waals surface area contributed by atoms with Crippen LogP contribution in [0.1, 0.15) is 30.3 Å². The van der Waals surface area contributed by atoms with Gasteiger partial charge in [0.25, 0.3) is 0 Å². The number of hydrogen-bond donors (Lipinski definition) is 0. The van der Waals surface area contributed by atoms with E-state index < -0.39 is 11.7 Å². The lowest BCUT2D eigenvalue weighted by Crippen LogP contribution is -2.48. The number of imidazole rings is 1. The molecule has 0 bridgehead atoms. The zero-order chi connectivity index (χ0) is 26.7. The minimum absolute atomic E-state index is 0.165. The molecular formula is C29H29F3N4O2. The third-order valence-electron chi connectivity index (χ3n) is 6.84. The van der Waals surface area contributed by atoms with Crippen LogP contribution >= 0.6 is 0 Å². The van der Waals surface area contributed by atoms with Gasteiger partial charge in [-0.25, -0.2) is 4.98 Å². The van der Waals surface area contributed by atoms with Crippen molar-refractivity contribution in [3.8, 4) is 5.75 Å². The molecule has 4 aromatic rings. The smallest absolute Gasteiger partial charge is 0.416 e. The number of nitrogens with zero attached hydrogens (tertiary/aromatic N) is 4. The number of para-hydroxylation sites is 1. The molecule has 0 saturated carbocycles. The highest BCUT2D eigenvalue weighted by Gasteiger charge is 2.30. The summed E-state index contributed by atoms with van der Waals surface area (Å²) < 4.78 is 47.2. The molecule has 0 unspecified atom stereocenters. The topological polar surface area (TPSA) is 50.6 Å². The quantitative estimate of drug-likeness (QED) is 0.311. The highest BCUT2D eigenvalue weighted by atomic mass is 19.4. The Balaban J connectivity index is 1.44. The molecule has 0 spiro atoms. The van der Waals surface area contributed by atoms with Crippen LogP contribution in [0.15, 0.2) is 72.8 Å². The zero-order valence-electron chi connectivity index (χ0n) is 21.1. The van der Waals surface area contributed by atoms with Crippen LogP contribution in [0.3, 0.4) is 0 Å². The molecule has 198 valence electrons. The Hall–Kier alpha value is -4.01. The monoisotopic (exact) mass is 522 g/mol. The second-order valence-corrected chi connectivity index (χ2v) is 9.30. The largest absolute Gasteiger partial charge is 0.486 e. The number of carbonyl (C=O) groups excluding carboxylic acids is 1. The van der Waals surface area contributed by atoms with Crippen molar-refractivity contribution >= 4 is 22.6 Å². The Bertz CT molecular complexity index is 1390. The number of anilines is 1. The molecule has 3 aromatic carbocycles. The van der Waals surface area contributed by atoms with Gasteiger partial charge in [0.2, 0.25) is 5.91 Å². The maximum atomic E-state index is 13.1. The van der Waals surface area contributed by atoms with Crippen LogP contribution in [0.4, 0.5) is 18.9 Å². The zero-order valence-corrected chi connectivity index (χ0v) is 21.1. The Morgan fingerprint density at radius 3 is 2.32 bits per heavy atom. The maximum absolute atomic E-state index is 13.1. The molecule has 1 fully saturated rings. The van der Waals surface area contributed by atoms with Gasteiger partial charge in [-0.05, 0) is 48.0 Å². The van der Waals surface area contributed by atoms with E-state index >= 15 is 0 Å². The number of hydrogen-bond acceptors (Lipinski definition) is 4. The lowest BCUT2D eigenvalue weighted by Gasteiger charge is -2.36. The summed E-state index contributed by atoms with van der Waals surface area (Å²) in [5, 5.41) is 0. The molecule has 1 amide bonds. The summed E-state index contributed by atoms with van der Waals surface area (Å²) in [5.74, 6) is 1.55. The van der Waals surface area contributed by atoms with E-state index in [2.05, 4.69) is 11.0 Å². The number of ether oxygens (including phenoxy) is 1. The van der Waals surface area contributed by atoms with Crippen LogP contribution in [-0.4, -0.2) is 46.5 Å². The minimum Gasteiger partial charge on any atom is -0.486 e. The van der Waals surface area contributed by atoms with Gasteiger partial charge in [-0.2, -0.15) is 13.2 Å². The van der Waals surface area contributed by atoms with Crippen molar-refractivity contribution in [2.24, 2.45) is 0 Å². The van der Waals surface area contributed by atoms with Gasteiger partial charge in [0.05, 0.1) is 16.6 Å². The third-order valence-corrected chi connectivity index (χ3v) is 6.84. The Morgan fingerprint density at radius 1 is 0.947 bits per heavy atom. The van der Waals surface area contributed by atoms with E-state index in [-0.39, 0.29) is 12.5 Å². The van der Waals surface area contributed by atoms with Crippen LogP contribution in [0.25, 0.3) is 11.0 Å². The van der Waals surface area contributed by atoms with Gasteiger partial charge < -0.3 is 19.1 Å². The van der Waals surface area contributed by atoms with Gasteiger partial charge in [0, 0.05) is 44.8 Å². The second-order valence-electron chi connectivity index (χ2n) is 9.30. The number of amides is 1. The second kappa shape index (κ2) is 10.8. The number of halogens is 3. The van der Waals surface area contributed by atoms with Crippen LogP contribution in [0.2, 0.25) is 0 Å². The van der Waals surface area contributed by atoms with Crippen molar-refractivity contribution in [1.29, 1.82) is 0 Å². The lowest BCUT2D eigenvalue weighted by atomic mass is 10.1. The molecule has 1 aliphatic heterocycles. The fourth-order valence-corrected chi connectivity index (χ4v) is 4.73. The van der Waals surface area contributed by atoms with E-state index in [1.165, 1.54) is 12.1 Å². The van der Waals surface area contributed by atoms with Gasteiger partial charge in [-0.1, -0.05) is 37.3 Å². The first-order valence-electron chi connectivity index (χ1n) is 12.7.